The van der Waals surface area contributed by atoms with Gasteiger partial charge in [0, 0.05) is 12.7 Å². The summed E-state index contributed by atoms with van der Waals surface area (Å²) in [5, 5.41) is 12.2. The third-order valence-electron chi connectivity index (χ3n) is 3.28. The molecule has 0 spiro atoms. The maximum Gasteiger partial charge on any atom is 0.101 e. The predicted octanol–water partition coefficient (Wildman–Crippen LogP) is 2.95. The molecule has 2 rings (SSSR count). The van der Waals surface area contributed by atoms with Gasteiger partial charge in [-0.3, -0.25) is 4.98 Å². The standard InChI is InChI=1S/C13H17N3/c14-9-12-6-7-15-10-13(12)16-8-5-11-3-1-2-4-11/h6-7,10-11,16H,1-5,8H2. The average molecular weight is 215 g/mol. The van der Waals surface area contributed by atoms with Gasteiger partial charge in [0.1, 0.15) is 6.07 Å². The fourth-order valence-electron chi connectivity index (χ4n) is 2.34. The van der Waals surface area contributed by atoms with E-state index < -0.39 is 0 Å². The van der Waals surface area contributed by atoms with Gasteiger partial charge in [-0.05, 0) is 18.4 Å². The van der Waals surface area contributed by atoms with Gasteiger partial charge in [0.25, 0.3) is 0 Å². The molecule has 84 valence electrons. The second-order valence-corrected chi connectivity index (χ2v) is 4.40. The molecule has 0 amide bonds. The minimum absolute atomic E-state index is 0.682. The van der Waals surface area contributed by atoms with Crippen LogP contribution in [0.1, 0.15) is 37.7 Å². The molecule has 0 aromatic carbocycles. The molecule has 3 heteroatoms. The predicted molar refractivity (Wildman–Crippen MR) is 64.0 cm³/mol. The Hall–Kier alpha value is -1.56. The molecule has 16 heavy (non-hydrogen) atoms. The van der Waals surface area contributed by atoms with E-state index in [1.807, 2.05) is 0 Å². The largest absolute Gasteiger partial charge is 0.383 e. The average Bonchev–Trinajstić information content (AvgIpc) is 2.83. The van der Waals surface area contributed by atoms with Gasteiger partial charge in [-0.1, -0.05) is 25.7 Å². The molecule has 0 unspecified atom stereocenters. The molecule has 1 aromatic rings. The third-order valence-corrected chi connectivity index (χ3v) is 3.28. The Kier molecular flexibility index (Phi) is 3.76. The van der Waals surface area contributed by atoms with Crippen LogP contribution in [-0.2, 0) is 0 Å². The van der Waals surface area contributed by atoms with Crippen LogP contribution in [0.15, 0.2) is 18.5 Å². The van der Waals surface area contributed by atoms with E-state index in [1.165, 1.54) is 32.1 Å². The Morgan fingerprint density at radius 3 is 3.00 bits per heavy atom. The molecule has 1 heterocycles. The van der Waals surface area contributed by atoms with E-state index in [0.717, 1.165) is 18.2 Å². The second-order valence-electron chi connectivity index (χ2n) is 4.40. The summed E-state index contributed by atoms with van der Waals surface area (Å²) in [6.45, 7) is 0.949. The lowest BCUT2D eigenvalue weighted by atomic mass is 10.0. The third kappa shape index (κ3) is 2.73. The molecular weight excluding hydrogens is 198 g/mol. The Labute approximate surface area is 96.5 Å². The summed E-state index contributed by atoms with van der Waals surface area (Å²) in [6, 6.07) is 3.92. The van der Waals surface area contributed by atoms with Crippen molar-refractivity contribution >= 4 is 5.69 Å². The van der Waals surface area contributed by atoms with Crippen LogP contribution in [0.3, 0.4) is 0 Å². The van der Waals surface area contributed by atoms with E-state index in [9.17, 15) is 0 Å². The Morgan fingerprint density at radius 2 is 2.25 bits per heavy atom. The molecule has 1 aromatic heterocycles. The molecule has 0 saturated heterocycles. The lowest BCUT2D eigenvalue weighted by molar-refractivity contribution is 0.518. The van der Waals surface area contributed by atoms with E-state index in [0.29, 0.717) is 5.56 Å². The first kappa shape index (κ1) is 10.9. The van der Waals surface area contributed by atoms with E-state index in [1.54, 1.807) is 18.5 Å². The first-order valence-electron chi connectivity index (χ1n) is 5.98. The maximum absolute atomic E-state index is 8.91. The summed E-state index contributed by atoms with van der Waals surface area (Å²) in [6.07, 6.45) is 10.1. The molecule has 0 atom stereocenters. The van der Waals surface area contributed by atoms with E-state index in [2.05, 4.69) is 16.4 Å². The Balaban J connectivity index is 1.82. The molecule has 3 nitrogen and oxygen atoms in total. The first-order valence-corrected chi connectivity index (χ1v) is 5.98. The van der Waals surface area contributed by atoms with Gasteiger partial charge in [-0.25, -0.2) is 0 Å². The summed E-state index contributed by atoms with van der Waals surface area (Å²) in [7, 11) is 0. The molecule has 0 radical (unpaired) electrons. The quantitative estimate of drug-likeness (QED) is 0.840. The van der Waals surface area contributed by atoms with Crippen molar-refractivity contribution in [2.24, 2.45) is 5.92 Å². The Morgan fingerprint density at radius 1 is 1.44 bits per heavy atom. The van der Waals surface area contributed by atoms with E-state index >= 15 is 0 Å². The number of hydrogen-bond acceptors (Lipinski definition) is 3. The number of hydrogen-bond donors (Lipinski definition) is 1. The minimum atomic E-state index is 0.682. The zero-order valence-corrected chi connectivity index (χ0v) is 9.45. The summed E-state index contributed by atoms with van der Waals surface area (Å²) >= 11 is 0. The van der Waals surface area contributed by atoms with Crippen molar-refractivity contribution in [2.75, 3.05) is 11.9 Å². The highest BCUT2D eigenvalue weighted by atomic mass is 14.9. The maximum atomic E-state index is 8.91. The molecule has 1 N–H and O–H groups in total. The molecule has 1 aliphatic rings. The van der Waals surface area contributed by atoms with Crippen LogP contribution < -0.4 is 5.32 Å². The summed E-state index contributed by atoms with van der Waals surface area (Å²) < 4.78 is 0. The minimum Gasteiger partial charge on any atom is -0.383 e. The van der Waals surface area contributed by atoms with Crippen LogP contribution in [0.5, 0.6) is 0 Å². The molecule has 1 saturated carbocycles. The van der Waals surface area contributed by atoms with Gasteiger partial charge in [0.15, 0.2) is 0 Å². The highest BCUT2D eigenvalue weighted by Gasteiger charge is 2.14. The highest BCUT2D eigenvalue weighted by molar-refractivity contribution is 5.55. The number of anilines is 1. The van der Waals surface area contributed by atoms with Crippen LogP contribution in [0, 0.1) is 17.2 Å². The van der Waals surface area contributed by atoms with Gasteiger partial charge >= 0.3 is 0 Å². The summed E-state index contributed by atoms with van der Waals surface area (Å²) in [4.78, 5) is 4.03. The fourth-order valence-corrected chi connectivity index (χ4v) is 2.34. The monoisotopic (exact) mass is 215 g/mol. The number of rotatable bonds is 4. The lowest BCUT2D eigenvalue weighted by Gasteiger charge is -2.11. The van der Waals surface area contributed by atoms with Crippen molar-refractivity contribution in [3.05, 3.63) is 24.0 Å². The number of pyridine rings is 1. The molecule has 0 aliphatic heterocycles. The SMILES string of the molecule is N#Cc1ccncc1NCCC1CCCC1. The lowest BCUT2D eigenvalue weighted by Crippen LogP contribution is -2.07. The van der Waals surface area contributed by atoms with Crippen molar-refractivity contribution in [2.45, 2.75) is 32.1 Å². The van der Waals surface area contributed by atoms with Crippen LogP contribution in [0.2, 0.25) is 0 Å². The first-order chi connectivity index (χ1) is 7.90. The summed E-state index contributed by atoms with van der Waals surface area (Å²) in [5.41, 5.74) is 1.55. The molecule has 1 fully saturated rings. The molecular formula is C13H17N3. The van der Waals surface area contributed by atoms with Gasteiger partial charge in [0.2, 0.25) is 0 Å². The van der Waals surface area contributed by atoms with Crippen molar-refractivity contribution in [3.63, 3.8) is 0 Å². The van der Waals surface area contributed by atoms with E-state index in [4.69, 9.17) is 5.26 Å². The highest BCUT2D eigenvalue weighted by Crippen LogP contribution is 2.27. The van der Waals surface area contributed by atoms with Crippen LogP contribution in [-0.4, -0.2) is 11.5 Å². The van der Waals surface area contributed by atoms with Crippen LogP contribution in [0.25, 0.3) is 0 Å². The van der Waals surface area contributed by atoms with Crippen molar-refractivity contribution in [1.29, 1.82) is 5.26 Å². The molecule has 0 bridgehead atoms. The second kappa shape index (κ2) is 5.50. The topological polar surface area (TPSA) is 48.7 Å². The smallest absolute Gasteiger partial charge is 0.101 e. The zero-order valence-electron chi connectivity index (χ0n) is 9.45. The summed E-state index contributed by atoms with van der Waals surface area (Å²) in [5.74, 6) is 0.884. The normalized spacial score (nSPS) is 15.9. The van der Waals surface area contributed by atoms with Crippen LogP contribution in [0.4, 0.5) is 5.69 Å². The van der Waals surface area contributed by atoms with E-state index in [-0.39, 0.29) is 0 Å². The Bertz CT molecular complexity index is 375. The fraction of sp³-hybridized carbons (Fsp3) is 0.538. The number of aromatic nitrogens is 1. The van der Waals surface area contributed by atoms with Crippen LogP contribution >= 0.6 is 0 Å². The number of nitriles is 1. The number of nitrogens with zero attached hydrogens (tertiary/aromatic N) is 2. The van der Waals surface area contributed by atoms with Gasteiger partial charge in [-0.15, -0.1) is 0 Å². The molecule has 1 aliphatic carbocycles. The van der Waals surface area contributed by atoms with Gasteiger partial charge in [0.05, 0.1) is 17.4 Å². The zero-order chi connectivity index (χ0) is 11.2. The van der Waals surface area contributed by atoms with Crippen molar-refractivity contribution in [3.8, 4) is 6.07 Å². The van der Waals surface area contributed by atoms with Crippen molar-refractivity contribution < 1.29 is 0 Å². The number of nitrogens with one attached hydrogen (secondary N) is 1. The van der Waals surface area contributed by atoms with Gasteiger partial charge in [-0.2, -0.15) is 5.26 Å². The van der Waals surface area contributed by atoms with Crippen molar-refractivity contribution in [1.82, 2.24) is 4.98 Å². The van der Waals surface area contributed by atoms with Gasteiger partial charge < -0.3 is 5.32 Å².